The Morgan fingerprint density at radius 3 is 2.38 bits per heavy atom. The minimum atomic E-state index is -4.14. The van der Waals surface area contributed by atoms with E-state index in [1.165, 1.54) is 30.3 Å². The maximum absolute atomic E-state index is 13.0. The summed E-state index contributed by atoms with van der Waals surface area (Å²) in [6, 6.07) is 13.8. The quantitative estimate of drug-likeness (QED) is 0.650. The van der Waals surface area contributed by atoms with Crippen molar-refractivity contribution in [1.82, 2.24) is 8.69 Å². The van der Waals surface area contributed by atoms with Crippen molar-refractivity contribution in [2.24, 2.45) is 0 Å². The van der Waals surface area contributed by atoms with Crippen LogP contribution < -0.4 is 4.72 Å². The standard InChI is InChI=1S/C16H12ClN3O4S2/c17-13-7-4-8-14-16(13)15(25(21,22)19-10-9-18)11-20(14)26(23,24)12-5-2-1-3-6-12/h1-8,11,19H,10H2. The Bertz CT molecular complexity index is 1230. The largest absolute Gasteiger partial charge is 0.268 e. The Morgan fingerprint density at radius 1 is 1.04 bits per heavy atom. The molecule has 134 valence electrons. The number of nitriles is 1. The first-order chi connectivity index (χ1) is 12.3. The second kappa shape index (κ2) is 6.74. The first-order valence-corrected chi connectivity index (χ1v) is 10.6. The summed E-state index contributed by atoms with van der Waals surface area (Å²) in [5.74, 6) is 0. The average molecular weight is 410 g/mol. The van der Waals surface area contributed by atoms with Gasteiger partial charge in [0.1, 0.15) is 4.90 Å². The Labute approximate surface area is 155 Å². The molecule has 0 saturated heterocycles. The lowest BCUT2D eigenvalue weighted by molar-refractivity contribution is 0.586. The molecule has 0 fully saturated rings. The van der Waals surface area contributed by atoms with Crippen LogP contribution >= 0.6 is 11.6 Å². The normalized spacial score (nSPS) is 12.2. The van der Waals surface area contributed by atoms with E-state index in [1.807, 2.05) is 0 Å². The molecule has 1 N–H and O–H groups in total. The molecule has 0 aliphatic heterocycles. The molecule has 10 heteroatoms. The highest BCUT2D eigenvalue weighted by Gasteiger charge is 2.27. The molecule has 3 rings (SSSR count). The summed E-state index contributed by atoms with van der Waals surface area (Å²) < 4.78 is 53.9. The molecule has 1 heterocycles. The zero-order valence-corrected chi connectivity index (χ0v) is 15.5. The highest BCUT2D eigenvalue weighted by atomic mass is 35.5. The predicted molar refractivity (Wildman–Crippen MR) is 96.8 cm³/mol. The maximum Gasteiger partial charge on any atom is 0.268 e. The Hall–Kier alpha value is -2.38. The van der Waals surface area contributed by atoms with Gasteiger partial charge in [0.05, 0.1) is 28.0 Å². The highest BCUT2D eigenvalue weighted by Crippen LogP contribution is 2.33. The molecule has 7 nitrogen and oxygen atoms in total. The van der Waals surface area contributed by atoms with Crippen molar-refractivity contribution in [3.05, 3.63) is 59.8 Å². The number of fused-ring (bicyclic) bond motifs is 1. The van der Waals surface area contributed by atoms with E-state index in [4.69, 9.17) is 16.9 Å². The number of halogens is 1. The third-order valence-corrected chi connectivity index (χ3v) is 7.06. The summed E-state index contributed by atoms with van der Waals surface area (Å²) in [6.07, 6.45) is 0.999. The third kappa shape index (κ3) is 3.08. The monoisotopic (exact) mass is 409 g/mol. The van der Waals surface area contributed by atoms with Gasteiger partial charge in [-0.15, -0.1) is 0 Å². The lowest BCUT2D eigenvalue weighted by Crippen LogP contribution is -2.23. The van der Waals surface area contributed by atoms with Gasteiger partial charge in [0.2, 0.25) is 10.0 Å². The second-order valence-corrected chi connectivity index (χ2v) is 9.18. The van der Waals surface area contributed by atoms with Crippen molar-refractivity contribution in [3.63, 3.8) is 0 Å². The molecular weight excluding hydrogens is 398 g/mol. The van der Waals surface area contributed by atoms with Crippen LogP contribution in [0.1, 0.15) is 0 Å². The highest BCUT2D eigenvalue weighted by molar-refractivity contribution is 7.91. The van der Waals surface area contributed by atoms with Crippen LogP contribution in [0.2, 0.25) is 5.02 Å². The first-order valence-electron chi connectivity index (χ1n) is 7.26. The van der Waals surface area contributed by atoms with Crippen molar-refractivity contribution in [3.8, 4) is 6.07 Å². The van der Waals surface area contributed by atoms with Crippen molar-refractivity contribution in [2.45, 2.75) is 9.79 Å². The van der Waals surface area contributed by atoms with E-state index in [0.29, 0.717) is 0 Å². The Kier molecular flexibility index (Phi) is 4.77. The van der Waals surface area contributed by atoms with E-state index < -0.39 is 26.6 Å². The van der Waals surface area contributed by atoms with E-state index in [9.17, 15) is 16.8 Å². The van der Waals surface area contributed by atoms with E-state index in [2.05, 4.69) is 4.72 Å². The number of nitrogens with one attached hydrogen (secondary N) is 1. The van der Waals surface area contributed by atoms with Crippen molar-refractivity contribution in [2.75, 3.05) is 6.54 Å². The fourth-order valence-electron chi connectivity index (χ4n) is 2.49. The predicted octanol–water partition coefficient (Wildman–Crippen LogP) is 2.33. The number of benzene rings is 2. The van der Waals surface area contributed by atoms with Gasteiger partial charge < -0.3 is 0 Å². The van der Waals surface area contributed by atoms with E-state index in [1.54, 1.807) is 24.3 Å². The van der Waals surface area contributed by atoms with Gasteiger partial charge in [-0.25, -0.2) is 20.8 Å². The minimum Gasteiger partial charge on any atom is -0.240 e. The van der Waals surface area contributed by atoms with E-state index >= 15 is 0 Å². The summed E-state index contributed by atoms with van der Waals surface area (Å²) >= 11 is 6.15. The van der Waals surface area contributed by atoms with Gasteiger partial charge in [0, 0.05) is 11.6 Å². The summed E-state index contributed by atoms with van der Waals surface area (Å²) in [5, 5.41) is 8.78. The molecule has 0 spiro atoms. The molecule has 0 aliphatic rings. The maximum atomic E-state index is 13.0. The van der Waals surface area contributed by atoms with Gasteiger partial charge in [-0.1, -0.05) is 35.9 Å². The molecule has 0 atom stereocenters. The molecule has 0 radical (unpaired) electrons. The number of hydrogen-bond donors (Lipinski definition) is 1. The smallest absolute Gasteiger partial charge is 0.240 e. The summed E-state index contributed by atoms with van der Waals surface area (Å²) in [7, 11) is -8.18. The van der Waals surface area contributed by atoms with Gasteiger partial charge >= 0.3 is 0 Å². The number of sulfonamides is 1. The Balaban J connectivity index is 2.34. The summed E-state index contributed by atoms with van der Waals surface area (Å²) in [6.45, 7) is -0.453. The van der Waals surface area contributed by atoms with Crippen LogP contribution in [0, 0.1) is 11.3 Å². The van der Waals surface area contributed by atoms with Crippen LogP contribution in [0.15, 0.2) is 64.5 Å². The number of rotatable bonds is 5. The molecule has 1 aromatic heterocycles. The van der Waals surface area contributed by atoms with Crippen LogP contribution in [0.4, 0.5) is 0 Å². The Morgan fingerprint density at radius 2 is 1.73 bits per heavy atom. The number of hydrogen-bond acceptors (Lipinski definition) is 5. The fraction of sp³-hybridized carbons (Fsp3) is 0.0625. The molecule has 0 unspecified atom stereocenters. The zero-order valence-electron chi connectivity index (χ0n) is 13.1. The molecule has 3 aromatic rings. The lowest BCUT2D eigenvalue weighted by Gasteiger charge is -2.07. The van der Waals surface area contributed by atoms with E-state index in [-0.39, 0.29) is 25.7 Å². The van der Waals surface area contributed by atoms with Gasteiger partial charge in [-0.3, -0.25) is 0 Å². The van der Waals surface area contributed by atoms with Crippen LogP contribution in [-0.4, -0.2) is 27.4 Å². The van der Waals surface area contributed by atoms with Crippen LogP contribution in [0.5, 0.6) is 0 Å². The van der Waals surface area contributed by atoms with Crippen LogP contribution in [0.25, 0.3) is 10.9 Å². The van der Waals surface area contributed by atoms with Crippen molar-refractivity contribution in [1.29, 1.82) is 5.26 Å². The molecule has 26 heavy (non-hydrogen) atoms. The van der Waals surface area contributed by atoms with Gasteiger partial charge in [-0.2, -0.15) is 9.98 Å². The topological polar surface area (TPSA) is 109 Å². The SMILES string of the molecule is N#CCNS(=O)(=O)c1cn(S(=O)(=O)c2ccccc2)c2cccc(Cl)c12. The van der Waals surface area contributed by atoms with Crippen LogP contribution in [-0.2, 0) is 20.0 Å². The van der Waals surface area contributed by atoms with Crippen LogP contribution in [0.3, 0.4) is 0 Å². The number of aromatic nitrogens is 1. The molecule has 0 saturated carbocycles. The average Bonchev–Trinajstić information content (AvgIpc) is 3.03. The van der Waals surface area contributed by atoms with Crippen molar-refractivity contribution < 1.29 is 16.8 Å². The van der Waals surface area contributed by atoms with Gasteiger partial charge in [0.25, 0.3) is 10.0 Å². The second-order valence-electron chi connectivity index (χ2n) is 5.22. The molecule has 2 aromatic carbocycles. The zero-order chi connectivity index (χ0) is 18.9. The fourth-order valence-corrected chi connectivity index (χ4v) is 5.41. The lowest BCUT2D eigenvalue weighted by atomic mass is 10.2. The summed E-state index contributed by atoms with van der Waals surface area (Å²) in [5.41, 5.74) is 0.124. The minimum absolute atomic E-state index is 0.00538. The molecular formula is C16H12ClN3O4S2. The molecule has 0 bridgehead atoms. The van der Waals surface area contributed by atoms with E-state index in [0.717, 1.165) is 10.2 Å². The first kappa shape index (κ1) is 18.4. The molecule has 0 aliphatic carbocycles. The number of nitrogens with zero attached hydrogens (tertiary/aromatic N) is 2. The van der Waals surface area contributed by atoms with Crippen molar-refractivity contribution >= 4 is 42.6 Å². The third-order valence-electron chi connectivity index (χ3n) is 3.64. The molecule has 0 amide bonds. The van der Waals surface area contributed by atoms with Gasteiger partial charge in [0.15, 0.2) is 0 Å². The van der Waals surface area contributed by atoms with Gasteiger partial charge in [-0.05, 0) is 24.3 Å². The summed E-state index contributed by atoms with van der Waals surface area (Å²) in [4.78, 5) is -0.307.